The number of anilines is 1. The summed E-state index contributed by atoms with van der Waals surface area (Å²) in [5, 5.41) is 13.6. The van der Waals surface area contributed by atoms with E-state index in [-0.39, 0.29) is 6.10 Å². The number of hydrogen-bond acceptors (Lipinski definition) is 3. The molecule has 0 aliphatic carbocycles. The van der Waals surface area contributed by atoms with Crippen LogP contribution >= 0.6 is 0 Å². The Balaban J connectivity index is 1.92. The van der Waals surface area contributed by atoms with Crippen LogP contribution in [0.15, 0.2) is 24.3 Å². The monoisotopic (exact) mass is 288 g/mol. The van der Waals surface area contributed by atoms with Gasteiger partial charge in [-0.3, -0.25) is 0 Å². The molecule has 1 aromatic rings. The van der Waals surface area contributed by atoms with Crippen molar-refractivity contribution in [3.63, 3.8) is 0 Å². The summed E-state index contributed by atoms with van der Waals surface area (Å²) in [7, 11) is 0. The predicted molar refractivity (Wildman–Crippen MR) is 87.7 cm³/mol. The van der Waals surface area contributed by atoms with Crippen LogP contribution in [-0.2, 0) is 0 Å². The summed E-state index contributed by atoms with van der Waals surface area (Å²) < 4.78 is 0. The minimum absolute atomic E-state index is 0.0957. The molecule has 2 N–H and O–H groups in total. The third-order valence-corrected chi connectivity index (χ3v) is 5.16. The van der Waals surface area contributed by atoms with Gasteiger partial charge in [-0.25, -0.2) is 0 Å². The Labute approximate surface area is 128 Å². The van der Waals surface area contributed by atoms with Gasteiger partial charge in [-0.2, -0.15) is 0 Å². The zero-order valence-corrected chi connectivity index (χ0v) is 13.3. The zero-order chi connectivity index (χ0) is 14.8. The van der Waals surface area contributed by atoms with Crippen molar-refractivity contribution in [1.82, 2.24) is 5.32 Å². The third kappa shape index (κ3) is 2.82. The van der Waals surface area contributed by atoms with Crippen molar-refractivity contribution >= 4 is 5.69 Å². The molecule has 21 heavy (non-hydrogen) atoms. The van der Waals surface area contributed by atoms with Crippen molar-refractivity contribution in [2.45, 2.75) is 70.2 Å². The molecule has 0 aromatic heterocycles. The molecule has 116 valence electrons. The summed E-state index contributed by atoms with van der Waals surface area (Å²) in [6.07, 6.45) is 5.34. The standard InChI is InChI=1S/C18H28N2O/c1-3-17(19-4-2)16-7-5-6-8-18(16)20-13-9-10-14(20)12-15(21)11-13/h5-8,13-15,17,19,21H,3-4,9-12H2,1-2H3. The topological polar surface area (TPSA) is 35.5 Å². The van der Waals surface area contributed by atoms with Gasteiger partial charge in [0, 0.05) is 23.8 Å². The molecule has 3 unspecified atom stereocenters. The Morgan fingerprint density at radius 3 is 2.48 bits per heavy atom. The summed E-state index contributed by atoms with van der Waals surface area (Å²) in [6.45, 7) is 5.42. The summed E-state index contributed by atoms with van der Waals surface area (Å²) >= 11 is 0. The molecule has 0 amide bonds. The highest BCUT2D eigenvalue weighted by Crippen LogP contribution is 2.42. The van der Waals surface area contributed by atoms with Crippen LogP contribution in [-0.4, -0.2) is 29.8 Å². The van der Waals surface area contributed by atoms with Gasteiger partial charge in [0.2, 0.25) is 0 Å². The number of nitrogens with zero attached hydrogens (tertiary/aromatic N) is 1. The largest absolute Gasteiger partial charge is 0.393 e. The summed E-state index contributed by atoms with van der Waals surface area (Å²) in [4.78, 5) is 2.61. The maximum absolute atomic E-state index is 10.0. The van der Waals surface area contributed by atoms with Gasteiger partial charge in [-0.15, -0.1) is 0 Å². The van der Waals surface area contributed by atoms with Crippen LogP contribution in [0.4, 0.5) is 5.69 Å². The van der Waals surface area contributed by atoms with E-state index in [1.54, 1.807) is 0 Å². The highest BCUT2D eigenvalue weighted by atomic mass is 16.3. The first-order valence-corrected chi connectivity index (χ1v) is 8.53. The van der Waals surface area contributed by atoms with Gasteiger partial charge >= 0.3 is 0 Å². The molecule has 2 aliphatic heterocycles. The van der Waals surface area contributed by atoms with E-state index in [9.17, 15) is 5.11 Å². The van der Waals surface area contributed by atoms with E-state index in [4.69, 9.17) is 0 Å². The number of aliphatic hydroxyl groups excluding tert-OH is 1. The lowest BCUT2D eigenvalue weighted by Crippen LogP contribution is -2.45. The van der Waals surface area contributed by atoms with Crippen molar-refractivity contribution in [1.29, 1.82) is 0 Å². The average Bonchev–Trinajstić information content (AvgIpc) is 2.76. The van der Waals surface area contributed by atoms with Crippen LogP contribution in [0.3, 0.4) is 0 Å². The first-order valence-electron chi connectivity index (χ1n) is 8.53. The van der Waals surface area contributed by atoms with Crippen molar-refractivity contribution < 1.29 is 5.11 Å². The summed E-state index contributed by atoms with van der Waals surface area (Å²) in [5.41, 5.74) is 2.82. The second-order valence-corrected chi connectivity index (χ2v) is 6.49. The maximum Gasteiger partial charge on any atom is 0.0579 e. The van der Waals surface area contributed by atoms with Crippen molar-refractivity contribution in [2.75, 3.05) is 11.4 Å². The fourth-order valence-corrected chi connectivity index (χ4v) is 4.28. The van der Waals surface area contributed by atoms with Crippen LogP contribution < -0.4 is 10.2 Å². The number of rotatable bonds is 5. The second-order valence-electron chi connectivity index (χ2n) is 6.49. The number of piperidine rings is 1. The number of nitrogens with one attached hydrogen (secondary N) is 1. The van der Waals surface area contributed by atoms with Crippen LogP contribution in [0, 0.1) is 0 Å². The number of para-hydroxylation sites is 1. The lowest BCUT2D eigenvalue weighted by Gasteiger charge is -2.40. The van der Waals surface area contributed by atoms with Gasteiger partial charge in [0.1, 0.15) is 0 Å². The maximum atomic E-state index is 10.0. The van der Waals surface area contributed by atoms with Crippen molar-refractivity contribution in [3.05, 3.63) is 29.8 Å². The third-order valence-electron chi connectivity index (χ3n) is 5.16. The van der Waals surface area contributed by atoms with Crippen molar-refractivity contribution in [2.24, 2.45) is 0 Å². The zero-order valence-electron chi connectivity index (χ0n) is 13.3. The highest BCUT2D eigenvalue weighted by molar-refractivity contribution is 5.58. The van der Waals surface area contributed by atoms with E-state index in [1.165, 1.54) is 24.1 Å². The molecule has 2 saturated heterocycles. The molecule has 2 aliphatic rings. The van der Waals surface area contributed by atoms with E-state index in [2.05, 4.69) is 48.3 Å². The predicted octanol–water partition coefficient (Wildman–Crippen LogP) is 3.24. The first kappa shape index (κ1) is 14.9. The Morgan fingerprint density at radius 2 is 1.86 bits per heavy atom. The first-order chi connectivity index (χ1) is 10.2. The lowest BCUT2D eigenvalue weighted by atomic mass is 9.95. The van der Waals surface area contributed by atoms with E-state index >= 15 is 0 Å². The number of benzene rings is 1. The molecule has 2 fully saturated rings. The number of aliphatic hydroxyl groups is 1. The van der Waals surface area contributed by atoms with Gasteiger partial charge in [0.05, 0.1) is 6.10 Å². The smallest absolute Gasteiger partial charge is 0.0579 e. The summed E-state index contributed by atoms with van der Waals surface area (Å²) in [6, 6.07) is 10.3. The van der Waals surface area contributed by atoms with Gasteiger partial charge in [0.25, 0.3) is 0 Å². The molecule has 0 saturated carbocycles. The molecule has 2 bridgehead atoms. The van der Waals surface area contributed by atoms with E-state index in [1.807, 2.05) is 0 Å². The van der Waals surface area contributed by atoms with Gasteiger partial charge in [-0.05, 0) is 50.3 Å². The fraction of sp³-hybridized carbons (Fsp3) is 0.667. The molecular weight excluding hydrogens is 260 g/mol. The van der Waals surface area contributed by atoms with Gasteiger partial charge in [0.15, 0.2) is 0 Å². The molecule has 3 rings (SSSR count). The quantitative estimate of drug-likeness (QED) is 0.873. The van der Waals surface area contributed by atoms with Gasteiger partial charge < -0.3 is 15.3 Å². The Bertz CT molecular complexity index is 462. The molecule has 3 nitrogen and oxygen atoms in total. The highest BCUT2D eigenvalue weighted by Gasteiger charge is 2.41. The minimum Gasteiger partial charge on any atom is -0.393 e. The average molecular weight is 288 g/mol. The molecule has 2 heterocycles. The SMILES string of the molecule is CCNC(CC)c1ccccc1N1C2CCC1CC(O)C2. The normalized spacial score (nSPS) is 29.7. The molecule has 0 radical (unpaired) electrons. The Morgan fingerprint density at radius 1 is 1.19 bits per heavy atom. The Hall–Kier alpha value is -1.06. The molecule has 3 heteroatoms. The van der Waals surface area contributed by atoms with E-state index < -0.39 is 0 Å². The Kier molecular flexibility index (Phi) is 4.51. The lowest BCUT2D eigenvalue weighted by molar-refractivity contribution is 0.126. The molecule has 1 aromatic carbocycles. The minimum atomic E-state index is -0.0957. The number of hydrogen-bond donors (Lipinski definition) is 2. The van der Waals surface area contributed by atoms with Crippen molar-refractivity contribution in [3.8, 4) is 0 Å². The van der Waals surface area contributed by atoms with Crippen LogP contribution in [0.25, 0.3) is 0 Å². The van der Waals surface area contributed by atoms with E-state index in [0.717, 1.165) is 25.8 Å². The molecular formula is C18H28N2O. The number of fused-ring (bicyclic) bond motifs is 2. The molecule has 0 spiro atoms. The summed E-state index contributed by atoms with van der Waals surface area (Å²) in [5.74, 6) is 0. The fourth-order valence-electron chi connectivity index (χ4n) is 4.28. The van der Waals surface area contributed by atoms with Crippen LogP contribution in [0.2, 0.25) is 0 Å². The van der Waals surface area contributed by atoms with Gasteiger partial charge in [-0.1, -0.05) is 32.0 Å². The van der Waals surface area contributed by atoms with Crippen LogP contribution in [0.1, 0.15) is 57.6 Å². The van der Waals surface area contributed by atoms with Crippen LogP contribution in [0.5, 0.6) is 0 Å². The second kappa shape index (κ2) is 6.37. The van der Waals surface area contributed by atoms with E-state index in [0.29, 0.717) is 18.1 Å². The molecule has 3 atom stereocenters.